The molecule has 27 heavy (non-hydrogen) atoms. The number of methoxy groups -OCH3 is 1. The van der Waals surface area contributed by atoms with Gasteiger partial charge in [-0.2, -0.15) is 0 Å². The molecule has 3 heterocycles. The third-order valence-corrected chi connectivity index (χ3v) is 4.21. The van der Waals surface area contributed by atoms with Gasteiger partial charge in [-0.15, -0.1) is 5.10 Å². The van der Waals surface area contributed by atoms with Gasteiger partial charge < -0.3 is 10.1 Å². The van der Waals surface area contributed by atoms with E-state index < -0.39 is 5.97 Å². The fourth-order valence-electron chi connectivity index (χ4n) is 2.89. The minimum atomic E-state index is -0.467. The number of ether oxygens (including phenoxy) is 1. The summed E-state index contributed by atoms with van der Waals surface area (Å²) in [5, 5.41) is 9.72. The van der Waals surface area contributed by atoms with Crippen LogP contribution in [0.3, 0.4) is 0 Å². The number of rotatable bonds is 5. The van der Waals surface area contributed by atoms with E-state index in [2.05, 4.69) is 25.5 Å². The van der Waals surface area contributed by atoms with E-state index in [-0.39, 0.29) is 5.69 Å². The number of fused-ring (bicyclic) bond motifs is 3. The summed E-state index contributed by atoms with van der Waals surface area (Å²) < 4.78 is 6.18. The number of aromatic nitrogens is 5. The molecule has 0 saturated carbocycles. The van der Waals surface area contributed by atoms with Crippen LogP contribution in [-0.4, -0.2) is 44.2 Å². The molecule has 1 aromatic carbocycles. The van der Waals surface area contributed by atoms with Crippen LogP contribution in [0.1, 0.15) is 15.9 Å². The Morgan fingerprint density at radius 3 is 2.85 bits per heavy atom. The van der Waals surface area contributed by atoms with Gasteiger partial charge in [0.05, 0.1) is 23.7 Å². The van der Waals surface area contributed by atoms with Crippen LogP contribution in [0.25, 0.3) is 16.7 Å². The van der Waals surface area contributed by atoms with Crippen molar-refractivity contribution >= 4 is 28.5 Å². The Morgan fingerprint density at radius 1 is 1.26 bits per heavy atom. The Bertz CT molecular complexity index is 1180. The maximum atomic E-state index is 12.2. The molecule has 0 aliphatic heterocycles. The molecule has 0 fully saturated rings. The van der Waals surface area contributed by atoms with E-state index in [4.69, 9.17) is 4.74 Å². The van der Waals surface area contributed by atoms with E-state index in [9.17, 15) is 9.59 Å². The first-order valence-corrected chi connectivity index (χ1v) is 8.29. The quantitative estimate of drug-likeness (QED) is 0.515. The smallest absolute Gasteiger partial charge is 0.348 e. The summed E-state index contributed by atoms with van der Waals surface area (Å²) in [6.45, 7) is 0.593. The molecule has 2 N–H and O–H groups in total. The normalized spacial score (nSPS) is 11.0. The largest absolute Gasteiger partial charge is 0.465 e. The molecule has 0 aliphatic carbocycles. The van der Waals surface area contributed by atoms with Crippen LogP contribution in [0.2, 0.25) is 0 Å². The van der Waals surface area contributed by atoms with Crippen LogP contribution < -0.4 is 11.0 Å². The Hall–Kier alpha value is -3.75. The monoisotopic (exact) mass is 364 g/mol. The maximum absolute atomic E-state index is 12.2. The van der Waals surface area contributed by atoms with Crippen LogP contribution in [0.4, 0.5) is 5.82 Å². The Morgan fingerprint density at radius 2 is 2.07 bits per heavy atom. The molecule has 4 rings (SSSR count). The molecule has 0 aliphatic rings. The maximum Gasteiger partial charge on any atom is 0.348 e. The zero-order chi connectivity index (χ0) is 18.8. The van der Waals surface area contributed by atoms with Crippen molar-refractivity contribution in [2.24, 2.45) is 0 Å². The Kier molecular flexibility index (Phi) is 4.25. The van der Waals surface area contributed by atoms with Crippen LogP contribution in [0.15, 0.2) is 47.5 Å². The highest BCUT2D eigenvalue weighted by atomic mass is 16.5. The number of carbonyl (C=O) groups excluding carboxylic acids is 1. The molecule has 0 unspecified atom stereocenters. The van der Waals surface area contributed by atoms with Gasteiger partial charge in [0, 0.05) is 18.9 Å². The number of nitrogens with one attached hydrogen (secondary N) is 2. The first kappa shape index (κ1) is 16.7. The van der Waals surface area contributed by atoms with Gasteiger partial charge in [-0.25, -0.2) is 24.1 Å². The van der Waals surface area contributed by atoms with Crippen molar-refractivity contribution in [1.82, 2.24) is 24.6 Å². The van der Waals surface area contributed by atoms with Crippen LogP contribution >= 0.6 is 0 Å². The minimum absolute atomic E-state index is 0.358. The number of anilines is 1. The van der Waals surface area contributed by atoms with Gasteiger partial charge in [0.2, 0.25) is 5.65 Å². The molecular weight excluding hydrogens is 348 g/mol. The van der Waals surface area contributed by atoms with E-state index in [1.54, 1.807) is 30.6 Å². The number of esters is 1. The third-order valence-electron chi connectivity index (χ3n) is 4.21. The summed E-state index contributed by atoms with van der Waals surface area (Å²) >= 11 is 0. The van der Waals surface area contributed by atoms with Gasteiger partial charge in [-0.05, 0) is 42.3 Å². The molecule has 9 heteroatoms. The highest BCUT2D eigenvalue weighted by molar-refractivity contribution is 5.94. The number of hydrogen-bond donors (Lipinski definition) is 2. The summed E-state index contributed by atoms with van der Waals surface area (Å²) in [6, 6.07) is 8.71. The van der Waals surface area contributed by atoms with Crippen molar-refractivity contribution in [3.8, 4) is 0 Å². The van der Waals surface area contributed by atoms with Crippen molar-refractivity contribution in [2.45, 2.75) is 6.42 Å². The number of pyridine rings is 1. The predicted octanol–water partition coefficient (Wildman–Crippen LogP) is 1.41. The average molecular weight is 364 g/mol. The fourth-order valence-corrected chi connectivity index (χ4v) is 2.89. The third kappa shape index (κ3) is 3.10. The average Bonchev–Trinajstić information content (AvgIpc) is 3.10. The van der Waals surface area contributed by atoms with E-state index in [1.165, 1.54) is 11.5 Å². The van der Waals surface area contributed by atoms with E-state index in [0.29, 0.717) is 34.6 Å². The summed E-state index contributed by atoms with van der Waals surface area (Å²) in [7, 11) is 1.32. The first-order valence-electron chi connectivity index (χ1n) is 8.29. The Labute approximate surface area is 153 Å². The van der Waals surface area contributed by atoms with Crippen LogP contribution in [0, 0.1) is 0 Å². The molecule has 0 saturated heterocycles. The zero-order valence-corrected chi connectivity index (χ0v) is 14.5. The van der Waals surface area contributed by atoms with Gasteiger partial charge in [0.25, 0.3) is 0 Å². The molecule has 136 valence electrons. The van der Waals surface area contributed by atoms with Gasteiger partial charge >= 0.3 is 11.7 Å². The highest BCUT2D eigenvalue weighted by Gasteiger charge is 2.15. The van der Waals surface area contributed by atoms with Crippen molar-refractivity contribution in [1.29, 1.82) is 0 Å². The molecule has 4 aromatic rings. The second kappa shape index (κ2) is 6.87. The molecule has 0 amide bonds. The SMILES string of the molecule is COC(=O)c1ccc2c(c1)nc(NCCc1ccncc1)c1n[nH]c(=O)n12. The standard InChI is InChI=1S/C18H16N6O3/c1-27-17(25)12-2-3-14-13(10-12)21-15(16-22-23-18(26)24(14)16)20-9-6-11-4-7-19-8-5-11/h2-5,7-8,10H,6,9H2,1H3,(H,20,21)(H,23,26). The fraction of sp³-hybridized carbons (Fsp3) is 0.167. The molecule has 0 bridgehead atoms. The van der Waals surface area contributed by atoms with Crippen LogP contribution in [0.5, 0.6) is 0 Å². The second-order valence-corrected chi connectivity index (χ2v) is 5.88. The number of carbonyl (C=O) groups is 1. The predicted molar refractivity (Wildman–Crippen MR) is 98.9 cm³/mol. The summed E-state index contributed by atoms with van der Waals surface area (Å²) in [4.78, 5) is 32.5. The first-order chi connectivity index (χ1) is 13.2. The lowest BCUT2D eigenvalue weighted by Crippen LogP contribution is -2.14. The van der Waals surface area contributed by atoms with E-state index >= 15 is 0 Å². The molecule has 0 spiro atoms. The van der Waals surface area contributed by atoms with Crippen LogP contribution in [-0.2, 0) is 11.2 Å². The van der Waals surface area contributed by atoms with Crippen molar-refractivity contribution in [3.63, 3.8) is 0 Å². The zero-order valence-electron chi connectivity index (χ0n) is 14.5. The van der Waals surface area contributed by atoms with E-state index in [0.717, 1.165) is 12.0 Å². The lowest BCUT2D eigenvalue weighted by molar-refractivity contribution is 0.0601. The highest BCUT2D eigenvalue weighted by Crippen LogP contribution is 2.20. The molecule has 9 nitrogen and oxygen atoms in total. The molecular formula is C18H16N6O3. The molecule has 0 atom stereocenters. The number of hydrogen-bond acceptors (Lipinski definition) is 7. The van der Waals surface area contributed by atoms with Crippen molar-refractivity contribution in [2.75, 3.05) is 19.0 Å². The topological polar surface area (TPSA) is 114 Å². The molecule has 3 aromatic heterocycles. The number of aromatic amines is 1. The van der Waals surface area contributed by atoms with E-state index in [1.807, 2.05) is 12.1 Å². The minimum Gasteiger partial charge on any atom is -0.465 e. The number of benzene rings is 1. The van der Waals surface area contributed by atoms with Gasteiger partial charge in [0.15, 0.2) is 5.82 Å². The second-order valence-electron chi connectivity index (χ2n) is 5.88. The summed E-state index contributed by atoms with van der Waals surface area (Å²) in [5.41, 5.74) is 2.54. The number of nitrogens with zero attached hydrogens (tertiary/aromatic N) is 4. The molecule has 0 radical (unpaired) electrons. The lowest BCUT2D eigenvalue weighted by atomic mass is 10.2. The van der Waals surface area contributed by atoms with Crippen molar-refractivity contribution < 1.29 is 9.53 Å². The Balaban J connectivity index is 1.73. The van der Waals surface area contributed by atoms with Gasteiger partial charge in [-0.1, -0.05) is 0 Å². The summed E-state index contributed by atoms with van der Waals surface area (Å²) in [6.07, 6.45) is 4.23. The lowest BCUT2D eigenvalue weighted by Gasteiger charge is -2.09. The number of H-pyrrole nitrogens is 1. The van der Waals surface area contributed by atoms with Crippen molar-refractivity contribution in [3.05, 3.63) is 64.3 Å². The van der Waals surface area contributed by atoms with Gasteiger partial charge in [-0.3, -0.25) is 4.98 Å². The summed E-state index contributed by atoms with van der Waals surface area (Å²) in [5.74, 6) is -0.0116. The van der Waals surface area contributed by atoms with Gasteiger partial charge in [0.1, 0.15) is 0 Å².